The Hall–Kier alpha value is -3.11. The van der Waals surface area contributed by atoms with Crippen LogP contribution in [-0.4, -0.2) is 7.11 Å². The van der Waals surface area contributed by atoms with Crippen molar-refractivity contribution in [3.05, 3.63) is 136 Å². The van der Waals surface area contributed by atoms with Gasteiger partial charge in [-0.25, -0.2) is 0 Å². The zero-order chi connectivity index (χ0) is 22.9. The van der Waals surface area contributed by atoms with Crippen molar-refractivity contribution in [1.82, 2.24) is 5.32 Å². The Balaban J connectivity index is 1.43. The van der Waals surface area contributed by atoms with Gasteiger partial charge in [-0.15, -0.1) is 0 Å². The second kappa shape index (κ2) is 11.7. The van der Waals surface area contributed by atoms with Gasteiger partial charge >= 0.3 is 0 Å². The van der Waals surface area contributed by atoms with E-state index in [9.17, 15) is 0 Å². The summed E-state index contributed by atoms with van der Waals surface area (Å²) in [7, 11) is 1.68. The first-order valence-electron chi connectivity index (χ1n) is 11.1. The van der Waals surface area contributed by atoms with E-state index in [1.165, 1.54) is 16.7 Å². The van der Waals surface area contributed by atoms with Crippen LogP contribution in [-0.2, 0) is 24.4 Å². The third kappa shape index (κ3) is 6.45. The molecule has 0 saturated heterocycles. The Morgan fingerprint density at radius 3 is 2.03 bits per heavy atom. The molecular weight excluding hydrogens is 430 g/mol. The second-order valence-corrected chi connectivity index (χ2v) is 8.31. The summed E-state index contributed by atoms with van der Waals surface area (Å²) >= 11 is 6.11. The molecule has 0 spiro atoms. The lowest BCUT2D eigenvalue weighted by Crippen LogP contribution is -2.15. The summed E-state index contributed by atoms with van der Waals surface area (Å²) in [5.41, 5.74) is 5.83. The SMILES string of the molecule is COc1ccc(CNCc2ccccc2COC(c2ccccc2)c2ccc(Cl)cc2)cc1. The van der Waals surface area contributed by atoms with Gasteiger partial charge < -0.3 is 14.8 Å². The van der Waals surface area contributed by atoms with E-state index in [4.69, 9.17) is 21.1 Å². The van der Waals surface area contributed by atoms with Crippen LogP contribution >= 0.6 is 11.6 Å². The number of methoxy groups -OCH3 is 1. The zero-order valence-corrected chi connectivity index (χ0v) is 19.5. The number of rotatable bonds is 10. The maximum Gasteiger partial charge on any atom is 0.118 e. The molecule has 0 aliphatic carbocycles. The Kier molecular flexibility index (Phi) is 8.15. The van der Waals surface area contributed by atoms with Gasteiger partial charge in [-0.3, -0.25) is 0 Å². The normalized spacial score (nSPS) is 11.8. The molecule has 3 nitrogen and oxygen atoms in total. The molecule has 0 amide bonds. The van der Waals surface area contributed by atoms with E-state index in [1.54, 1.807) is 7.11 Å². The van der Waals surface area contributed by atoms with Crippen LogP contribution in [0.25, 0.3) is 0 Å². The summed E-state index contributed by atoms with van der Waals surface area (Å²) in [6.45, 7) is 2.07. The summed E-state index contributed by atoms with van der Waals surface area (Å²) in [6, 6.07) is 34.7. The summed E-state index contributed by atoms with van der Waals surface area (Å²) in [5, 5.41) is 4.26. The topological polar surface area (TPSA) is 30.5 Å². The molecule has 1 unspecified atom stereocenters. The molecule has 0 radical (unpaired) electrons. The van der Waals surface area contributed by atoms with Crippen molar-refractivity contribution < 1.29 is 9.47 Å². The summed E-state index contributed by atoms with van der Waals surface area (Å²) in [4.78, 5) is 0. The van der Waals surface area contributed by atoms with Crippen LogP contribution < -0.4 is 10.1 Å². The molecule has 0 bridgehead atoms. The third-order valence-electron chi connectivity index (χ3n) is 5.60. The molecule has 0 saturated carbocycles. The highest BCUT2D eigenvalue weighted by molar-refractivity contribution is 6.30. The van der Waals surface area contributed by atoms with Crippen LogP contribution in [0.15, 0.2) is 103 Å². The highest BCUT2D eigenvalue weighted by atomic mass is 35.5. The van der Waals surface area contributed by atoms with Crippen molar-refractivity contribution in [3.8, 4) is 5.75 Å². The molecule has 1 N–H and O–H groups in total. The first-order valence-corrected chi connectivity index (χ1v) is 11.4. The summed E-state index contributed by atoms with van der Waals surface area (Å²) in [5.74, 6) is 0.870. The molecule has 0 aliphatic rings. The minimum absolute atomic E-state index is 0.163. The quantitative estimate of drug-likeness (QED) is 0.279. The molecule has 4 heteroatoms. The number of nitrogens with one attached hydrogen (secondary N) is 1. The van der Waals surface area contributed by atoms with Crippen LogP contribution in [0.3, 0.4) is 0 Å². The van der Waals surface area contributed by atoms with Gasteiger partial charge in [-0.05, 0) is 52.1 Å². The fraction of sp³-hybridized carbons (Fsp3) is 0.172. The number of ether oxygens (including phenoxy) is 2. The van der Waals surface area contributed by atoms with Crippen molar-refractivity contribution in [2.45, 2.75) is 25.8 Å². The lowest BCUT2D eigenvalue weighted by atomic mass is 10.0. The van der Waals surface area contributed by atoms with Crippen molar-refractivity contribution >= 4 is 11.6 Å². The minimum atomic E-state index is -0.163. The standard InChI is InChI=1S/C29H28ClNO2/c1-32-28-17-11-22(12-18-28)19-31-20-25-9-5-6-10-26(25)21-33-29(23-7-3-2-4-8-23)24-13-15-27(30)16-14-24/h2-18,29,31H,19-21H2,1H3. The van der Waals surface area contributed by atoms with E-state index in [-0.39, 0.29) is 6.10 Å². The average molecular weight is 458 g/mol. The van der Waals surface area contributed by atoms with Crippen molar-refractivity contribution in [2.24, 2.45) is 0 Å². The van der Waals surface area contributed by atoms with Crippen molar-refractivity contribution in [3.63, 3.8) is 0 Å². The highest BCUT2D eigenvalue weighted by Crippen LogP contribution is 2.28. The summed E-state index contributed by atoms with van der Waals surface area (Å²) < 4.78 is 11.7. The predicted octanol–water partition coefficient (Wildman–Crippen LogP) is 6.94. The maximum absolute atomic E-state index is 6.49. The molecular formula is C29H28ClNO2. The fourth-order valence-corrected chi connectivity index (χ4v) is 3.91. The Labute approximate surface area is 201 Å². The van der Waals surface area contributed by atoms with E-state index in [1.807, 2.05) is 54.6 Å². The van der Waals surface area contributed by atoms with E-state index in [0.29, 0.717) is 6.61 Å². The van der Waals surface area contributed by atoms with Gasteiger partial charge in [-0.2, -0.15) is 0 Å². The van der Waals surface area contributed by atoms with Crippen LogP contribution in [0, 0.1) is 0 Å². The van der Waals surface area contributed by atoms with Crippen LogP contribution in [0.5, 0.6) is 5.75 Å². The smallest absolute Gasteiger partial charge is 0.118 e. The number of halogens is 1. The molecule has 4 rings (SSSR count). The lowest BCUT2D eigenvalue weighted by molar-refractivity contribution is 0.0662. The van der Waals surface area contributed by atoms with Crippen LogP contribution in [0.4, 0.5) is 0 Å². The lowest BCUT2D eigenvalue weighted by Gasteiger charge is -2.20. The molecule has 0 aromatic heterocycles. The van der Waals surface area contributed by atoms with Gasteiger partial charge in [0.05, 0.1) is 13.7 Å². The first-order chi connectivity index (χ1) is 16.2. The highest BCUT2D eigenvalue weighted by Gasteiger charge is 2.15. The van der Waals surface area contributed by atoms with Crippen molar-refractivity contribution in [2.75, 3.05) is 7.11 Å². The zero-order valence-electron chi connectivity index (χ0n) is 18.7. The predicted molar refractivity (Wildman–Crippen MR) is 135 cm³/mol. The molecule has 0 fully saturated rings. The molecule has 1 atom stereocenters. The monoisotopic (exact) mass is 457 g/mol. The number of benzene rings is 4. The Morgan fingerprint density at radius 1 is 0.697 bits per heavy atom. The van der Waals surface area contributed by atoms with E-state index in [0.717, 1.165) is 35.0 Å². The van der Waals surface area contributed by atoms with Gasteiger partial charge in [0, 0.05) is 18.1 Å². The Bertz CT molecular complexity index is 1130. The van der Waals surface area contributed by atoms with Gasteiger partial charge in [-0.1, -0.05) is 90.5 Å². The van der Waals surface area contributed by atoms with Crippen molar-refractivity contribution in [1.29, 1.82) is 0 Å². The first kappa shape index (κ1) is 23.1. The minimum Gasteiger partial charge on any atom is -0.497 e. The fourth-order valence-electron chi connectivity index (χ4n) is 3.78. The van der Waals surface area contributed by atoms with Crippen LogP contribution in [0.2, 0.25) is 5.02 Å². The molecule has 168 valence electrons. The molecule has 4 aromatic carbocycles. The van der Waals surface area contributed by atoms with Gasteiger partial charge in [0.15, 0.2) is 0 Å². The van der Waals surface area contributed by atoms with E-state index >= 15 is 0 Å². The Morgan fingerprint density at radius 2 is 1.33 bits per heavy atom. The average Bonchev–Trinajstić information content (AvgIpc) is 2.87. The maximum atomic E-state index is 6.49. The molecule has 33 heavy (non-hydrogen) atoms. The largest absolute Gasteiger partial charge is 0.497 e. The van der Waals surface area contributed by atoms with E-state index in [2.05, 4.69) is 53.8 Å². The molecule has 0 aliphatic heterocycles. The van der Waals surface area contributed by atoms with Gasteiger partial charge in [0.25, 0.3) is 0 Å². The third-order valence-corrected chi connectivity index (χ3v) is 5.85. The van der Waals surface area contributed by atoms with E-state index < -0.39 is 0 Å². The van der Waals surface area contributed by atoms with Gasteiger partial charge in [0.2, 0.25) is 0 Å². The molecule has 0 heterocycles. The summed E-state index contributed by atoms with van der Waals surface area (Å²) in [6.07, 6.45) is -0.163. The van der Waals surface area contributed by atoms with Crippen LogP contribution in [0.1, 0.15) is 33.9 Å². The van der Waals surface area contributed by atoms with Gasteiger partial charge in [0.1, 0.15) is 11.9 Å². The number of hydrogen-bond donors (Lipinski definition) is 1. The second-order valence-electron chi connectivity index (χ2n) is 7.87. The number of hydrogen-bond acceptors (Lipinski definition) is 3. The molecule has 4 aromatic rings.